The number of likely N-dealkylation sites (tertiary alicyclic amines) is 1. The number of nitrogens with two attached hydrogens (primary N) is 1. The Labute approximate surface area is 251 Å². The van der Waals surface area contributed by atoms with Crippen molar-refractivity contribution < 1.29 is 14.3 Å². The second-order valence-corrected chi connectivity index (χ2v) is 10.8. The lowest BCUT2D eigenvalue weighted by Crippen LogP contribution is -2.38. The van der Waals surface area contributed by atoms with E-state index in [2.05, 4.69) is 15.3 Å². The van der Waals surface area contributed by atoms with Crippen LogP contribution >= 0.6 is 0 Å². The standard InChI is InChI=1S/C32H38N8O3/c1-5-21-13-14-34-26(19-21)36-32(42)23-12-11-22(20-25(23)43-4)28-29-30(33)35-15-18-40(29)31(37-28)24-9-6-7-17-39(24)27(41)10-8-16-38(2)3/h8,10-15,18-20,24H,5-7,9,16-17H2,1-4H3,(H2,33,35)(H,34,36,42). The Bertz CT molecular complexity index is 1660. The van der Waals surface area contributed by atoms with Crippen molar-refractivity contribution in [3.05, 3.63) is 78.0 Å². The predicted molar refractivity (Wildman–Crippen MR) is 167 cm³/mol. The largest absolute Gasteiger partial charge is 0.496 e. The van der Waals surface area contributed by atoms with E-state index in [1.807, 2.05) is 65.7 Å². The topological polar surface area (TPSA) is 131 Å². The highest BCUT2D eigenvalue weighted by molar-refractivity contribution is 6.06. The first-order valence-corrected chi connectivity index (χ1v) is 14.5. The van der Waals surface area contributed by atoms with Crippen LogP contribution in [0.15, 0.2) is 61.1 Å². The zero-order chi connectivity index (χ0) is 30.5. The minimum Gasteiger partial charge on any atom is -0.496 e. The van der Waals surface area contributed by atoms with Crippen molar-refractivity contribution in [2.24, 2.45) is 0 Å². The number of carbonyl (C=O) groups is 2. The third-order valence-electron chi connectivity index (χ3n) is 7.62. The summed E-state index contributed by atoms with van der Waals surface area (Å²) in [4.78, 5) is 44.1. The number of amides is 2. The summed E-state index contributed by atoms with van der Waals surface area (Å²) in [7, 11) is 5.45. The van der Waals surface area contributed by atoms with Crippen molar-refractivity contribution in [3.8, 4) is 17.0 Å². The molecule has 0 radical (unpaired) electrons. The number of benzene rings is 1. The molecule has 2 amide bonds. The number of hydrogen-bond donors (Lipinski definition) is 2. The summed E-state index contributed by atoms with van der Waals surface area (Å²) in [6.45, 7) is 3.37. The van der Waals surface area contributed by atoms with E-state index in [9.17, 15) is 9.59 Å². The number of nitrogens with zero attached hydrogens (tertiary/aromatic N) is 6. The molecule has 1 unspecified atom stereocenters. The monoisotopic (exact) mass is 582 g/mol. The molecular weight excluding hydrogens is 544 g/mol. The Morgan fingerprint density at radius 1 is 1.16 bits per heavy atom. The molecule has 11 heteroatoms. The van der Waals surface area contributed by atoms with E-state index in [1.54, 1.807) is 30.6 Å². The summed E-state index contributed by atoms with van der Waals surface area (Å²) in [5, 5.41) is 2.86. The lowest BCUT2D eigenvalue weighted by atomic mass is 10.0. The smallest absolute Gasteiger partial charge is 0.260 e. The molecule has 1 aliphatic rings. The lowest BCUT2D eigenvalue weighted by Gasteiger charge is -2.34. The molecular formula is C32H38N8O3. The highest BCUT2D eigenvalue weighted by atomic mass is 16.5. The van der Waals surface area contributed by atoms with E-state index >= 15 is 0 Å². The molecule has 1 aliphatic heterocycles. The fourth-order valence-corrected chi connectivity index (χ4v) is 5.42. The van der Waals surface area contributed by atoms with Gasteiger partial charge in [-0.05, 0) is 69.6 Å². The minimum atomic E-state index is -0.334. The number of likely N-dealkylation sites (N-methyl/N-ethyl adjacent to an activating group) is 1. The van der Waals surface area contributed by atoms with Crippen LogP contribution in [-0.4, -0.2) is 75.3 Å². The molecule has 4 aromatic rings. The number of fused-ring (bicyclic) bond motifs is 1. The van der Waals surface area contributed by atoms with Crippen LogP contribution in [0, 0.1) is 0 Å². The normalized spacial score (nSPS) is 15.4. The van der Waals surface area contributed by atoms with Gasteiger partial charge in [0.25, 0.3) is 5.91 Å². The second-order valence-electron chi connectivity index (χ2n) is 10.8. The van der Waals surface area contributed by atoms with Gasteiger partial charge in [-0.3, -0.25) is 14.0 Å². The summed E-state index contributed by atoms with van der Waals surface area (Å²) >= 11 is 0. The molecule has 0 bridgehead atoms. The molecule has 0 aliphatic carbocycles. The van der Waals surface area contributed by atoms with Gasteiger partial charge in [-0.15, -0.1) is 0 Å². The van der Waals surface area contributed by atoms with Crippen LogP contribution in [0.25, 0.3) is 16.8 Å². The van der Waals surface area contributed by atoms with E-state index < -0.39 is 0 Å². The third kappa shape index (κ3) is 6.36. The SMILES string of the molecule is CCc1ccnc(NC(=O)c2ccc(-c3nc(C4CCCCN4C(=O)C=CCN(C)C)n4ccnc(N)c34)cc2OC)c1. The fourth-order valence-electron chi connectivity index (χ4n) is 5.42. The minimum absolute atomic E-state index is 0.0390. The zero-order valence-electron chi connectivity index (χ0n) is 25.1. The van der Waals surface area contributed by atoms with Crippen LogP contribution < -0.4 is 15.8 Å². The maximum absolute atomic E-state index is 13.3. The van der Waals surface area contributed by atoms with Gasteiger partial charge in [0.1, 0.15) is 34.4 Å². The number of piperidine rings is 1. The number of hydrogen-bond acceptors (Lipinski definition) is 8. The van der Waals surface area contributed by atoms with Crippen molar-refractivity contribution in [1.29, 1.82) is 0 Å². The molecule has 224 valence electrons. The molecule has 43 heavy (non-hydrogen) atoms. The number of aryl methyl sites for hydroxylation is 1. The molecule has 1 aromatic carbocycles. The molecule has 3 aromatic heterocycles. The number of carbonyl (C=O) groups excluding carboxylic acids is 2. The molecule has 5 rings (SSSR count). The van der Waals surface area contributed by atoms with Gasteiger partial charge in [-0.25, -0.2) is 15.0 Å². The Kier molecular flexibility index (Phi) is 9.01. The van der Waals surface area contributed by atoms with E-state index in [4.69, 9.17) is 15.5 Å². The highest BCUT2D eigenvalue weighted by Gasteiger charge is 2.32. The van der Waals surface area contributed by atoms with Gasteiger partial charge < -0.3 is 25.6 Å². The molecule has 1 fully saturated rings. The van der Waals surface area contributed by atoms with Crippen LogP contribution in [-0.2, 0) is 11.2 Å². The predicted octanol–water partition coefficient (Wildman–Crippen LogP) is 4.37. The molecule has 11 nitrogen and oxygen atoms in total. The van der Waals surface area contributed by atoms with Crippen molar-refractivity contribution in [1.82, 2.24) is 29.2 Å². The molecule has 0 saturated carbocycles. The number of ether oxygens (including phenoxy) is 1. The van der Waals surface area contributed by atoms with Gasteiger partial charge >= 0.3 is 0 Å². The average molecular weight is 583 g/mol. The van der Waals surface area contributed by atoms with Gasteiger partial charge in [-0.1, -0.05) is 19.1 Å². The fraction of sp³-hybridized carbons (Fsp3) is 0.344. The Hall–Kier alpha value is -4.77. The van der Waals surface area contributed by atoms with Crippen LogP contribution in [0.2, 0.25) is 0 Å². The van der Waals surface area contributed by atoms with Crippen LogP contribution in [0.3, 0.4) is 0 Å². The van der Waals surface area contributed by atoms with Gasteiger partial charge in [-0.2, -0.15) is 0 Å². The lowest BCUT2D eigenvalue weighted by molar-refractivity contribution is -0.130. The van der Waals surface area contributed by atoms with Crippen LogP contribution in [0.5, 0.6) is 5.75 Å². The van der Waals surface area contributed by atoms with Gasteiger partial charge in [0.2, 0.25) is 5.91 Å². The Balaban J connectivity index is 1.51. The molecule has 0 spiro atoms. The number of anilines is 2. The summed E-state index contributed by atoms with van der Waals surface area (Å²) in [5.74, 6) is 1.52. The van der Waals surface area contributed by atoms with Crippen molar-refractivity contribution in [2.75, 3.05) is 45.3 Å². The van der Waals surface area contributed by atoms with E-state index in [0.29, 0.717) is 52.8 Å². The molecule has 1 saturated heterocycles. The maximum atomic E-state index is 13.3. The number of pyridine rings is 1. The number of rotatable bonds is 9. The first-order valence-electron chi connectivity index (χ1n) is 14.5. The first-order chi connectivity index (χ1) is 20.8. The van der Waals surface area contributed by atoms with Gasteiger partial charge in [0.15, 0.2) is 0 Å². The number of aromatic nitrogens is 4. The van der Waals surface area contributed by atoms with Crippen molar-refractivity contribution in [3.63, 3.8) is 0 Å². The summed E-state index contributed by atoms with van der Waals surface area (Å²) < 4.78 is 7.58. The van der Waals surface area contributed by atoms with E-state index in [1.165, 1.54) is 7.11 Å². The second kappa shape index (κ2) is 13.0. The average Bonchev–Trinajstić information content (AvgIpc) is 3.41. The number of nitrogens with one attached hydrogen (secondary N) is 1. The molecule has 4 heterocycles. The summed E-state index contributed by atoms with van der Waals surface area (Å²) in [5.41, 5.74) is 9.80. The Morgan fingerprint density at radius 2 is 2.00 bits per heavy atom. The maximum Gasteiger partial charge on any atom is 0.260 e. The number of nitrogen functional groups attached to an aromatic ring is 1. The van der Waals surface area contributed by atoms with Crippen molar-refractivity contribution >= 4 is 29.0 Å². The summed E-state index contributed by atoms with van der Waals surface area (Å²) in [6, 6.07) is 8.84. The quantitative estimate of drug-likeness (QED) is 0.278. The highest BCUT2D eigenvalue weighted by Crippen LogP contribution is 2.37. The first kappa shape index (κ1) is 29.7. The molecule has 1 atom stereocenters. The third-order valence-corrected chi connectivity index (χ3v) is 7.62. The number of methoxy groups -OCH3 is 1. The van der Waals surface area contributed by atoms with Crippen LogP contribution in [0.1, 0.15) is 54.0 Å². The van der Waals surface area contributed by atoms with Gasteiger partial charge in [0, 0.05) is 43.3 Å². The summed E-state index contributed by atoms with van der Waals surface area (Å²) in [6.07, 6.45) is 12.2. The van der Waals surface area contributed by atoms with Crippen LogP contribution in [0.4, 0.5) is 11.6 Å². The number of imidazole rings is 1. The molecule has 3 N–H and O–H groups in total. The van der Waals surface area contributed by atoms with Gasteiger partial charge in [0.05, 0.1) is 18.7 Å². The Morgan fingerprint density at radius 3 is 2.77 bits per heavy atom. The van der Waals surface area contributed by atoms with E-state index in [0.717, 1.165) is 37.1 Å². The zero-order valence-corrected chi connectivity index (χ0v) is 25.1. The van der Waals surface area contributed by atoms with Crippen molar-refractivity contribution in [2.45, 2.75) is 38.6 Å². The van der Waals surface area contributed by atoms with E-state index in [-0.39, 0.29) is 17.9 Å².